The van der Waals surface area contributed by atoms with Crippen LogP contribution in [0.4, 0.5) is 0 Å². The second-order valence-corrected chi connectivity index (χ2v) is 10.3. The number of para-hydroxylation sites is 1. The highest BCUT2D eigenvalue weighted by atomic mass is 16.5. The lowest BCUT2D eigenvalue weighted by Gasteiger charge is -2.25. The molecule has 0 unspecified atom stereocenters. The lowest BCUT2D eigenvalue weighted by Crippen LogP contribution is -2.32. The first-order valence-corrected chi connectivity index (χ1v) is 13.5. The Balaban J connectivity index is 1.50. The van der Waals surface area contributed by atoms with Gasteiger partial charge in [0.15, 0.2) is 0 Å². The molecule has 1 aromatic heterocycles. The Labute approximate surface area is 224 Å². The van der Waals surface area contributed by atoms with E-state index in [0.29, 0.717) is 0 Å². The van der Waals surface area contributed by atoms with Crippen molar-refractivity contribution in [3.8, 4) is 5.75 Å². The third-order valence-electron chi connectivity index (χ3n) is 7.78. The van der Waals surface area contributed by atoms with Gasteiger partial charge in [0.05, 0.1) is 11.9 Å². The molecule has 0 spiro atoms. The van der Waals surface area contributed by atoms with Crippen LogP contribution in [0.3, 0.4) is 0 Å². The van der Waals surface area contributed by atoms with E-state index in [0.717, 1.165) is 66.1 Å². The predicted octanol–water partition coefficient (Wildman–Crippen LogP) is 5.85. The van der Waals surface area contributed by atoms with Crippen molar-refractivity contribution in [3.63, 3.8) is 0 Å². The summed E-state index contributed by atoms with van der Waals surface area (Å²) >= 11 is 0. The number of hydrogen-bond acceptors (Lipinski definition) is 5. The maximum atomic E-state index is 12.0. The normalized spacial score (nSPS) is 16.6. The summed E-state index contributed by atoms with van der Waals surface area (Å²) in [5.41, 5.74) is 8.41. The van der Waals surface area contributed by atoms with Crippen LogP contribution in [-0.2, 0) is 24.4 Å². The summed E-state index contributed by atoms with van der Waals surface area (Å²) in [7, 11) is 0. The molecule has 0 saturated carbocycles. The van der Waals surface area contributed by atoms with Gasteiger partial charge in [0.25, 0.3) is 0 Å². The van der Waals surface area contributed by atoms with E-state index in [1.165, 1.54) is 16.7 Å². The van der Waals surface area contributed by atoms with Crippen molar-refractivity contribution in [1.29, 1.82) is 0 Å². The standard InChI is InChI=1S/C31H36N4O3/c1-5-25-19-34(17-23-9-7-8-10-29(23)38-25)18-24-15-22(12-11-20(24)3)27(16-30(36)37)26-13-14-28-31(21(26)4)32-33-35(28)6-2/h7-15,25,27H,5-6,16-19H2,1-4H3,(H,36,37)/t25-,27+/m1/s1. The lowest BCUT2D eigenvalue weighted by atomic mass is 9.84. The summed E-state index contributed by atoms with van der Waals surface area (Å²) in [6.07, 6.45) is 1.09. The van der Waals surface area contributed by atoms with E-state index in [9.17, 15) is 9.90 Å². The van der Waals surface area contributed by atoms with E-state index in [4.69, 9.17) is 4.74 Å². The van der Waals surface area contributed by atoms with E-state index in [1.54, 1.807) is 0 Å². The number of ether oxygens (including phenoxy) is 1. The predicted molar refractivity (Wildman–Crippen MR) is 148 cm³/mol. The number of rotatable bonds is 8. The third kappa shape index (κ3) is 5.16. The molecule has 0 saturated heterocycles. The minimum absolute atomic E-state index is 0.0135. The zero-order chi connectivity index (χ0) is 26.8. The maximum Gasteiger partial charge on any atom is 0.304 e. The molecule has 3 aromatic carbocycles. The molecular formula is C31H36N4O3. The molecule has 0 fully saturated rings. The molecule has 2 heterocycles. The molecule has 1 aliphatic rings. The quantitative estimate of drug-likeness (QED) is 0.319. The lowest BCUT2D eigenvalue weighted by molar-refractivity contribution is -0.137. The number of aryl methyl sites for hydroxylation is 3. The van der Waals surface area contributed by atoms with Gasteiger partial charge in [-0.25, -0.2) is 4.68 Å². The Kier molecular flexibility index (Phi) is 7.47. The van der Waals surface area contributed by atoms with Gasteiger partial charge in [-0.3, -0.25) is 9.69 Å². The Hall–Kier alpha value is -3.71. The smallest absolute Gasteiger partial charge is 0.304 e. The number of carbonyl (C=O) groups is 1. The van der Waals surface area contributed by atoms with Crippen LogP contribution in [0.2, 0.25) is 0 Å². The fourth-order valence-corrected chi connectivity index (χ4v) is 5.59. The highest BCUT2D eigenvalue weighted by molar-refractivity contribution is 5.80. The van der Waals surface area contributed by atoms with E-state index < -0.39 is 5.97 Å². The second-order valence-electron chi connectivity index (χ2n) is 10.3. The van der Waals surface area contributed by atoms with E-state index in [1.807, 2.05) is 30.7 Å². The first-order chi connectivity index (χ1) is 18.4. The number of aliphatic carboxylic acids is 1. The molecule has 7 heteroatoms. The van der Waals surface area contributed by atoms with Gasteiger partial charge < -0.3 is 9.84 Å². The summed E-state index contributed by atoms with van der Waals surface area (Å²) in [6, 6.07) is 18.8. The van der Waals surface area contributed by atoms with Crippen LogP contribution in [-0.4, -0.2) is 43.6 Å². The zero-order valence-electron chi connectivity index (χ0n) is 22.6. The van der Waals surface area contributed by atoms with Gasteiger partial charge in [-0.05, 0) is 67.1 Å². The van der Waals surface area contributed by atoms with Gasteiger partial charge in [-0.1, -0.05) is 54.6 Å². The Morgan fingerprint density at radius 3 is 2.71 bits per heavy atom. The van der Waals surface area contributed by atoms with Crippen LogP contribution in [0.5, 0.6) is 5.75 Å². The third-order valence-corrected chi connectivity index (χ3v) is 7.78. The topological polar surface area (TPSA) is 80.5 Å². The number of benzene rings is 3. The first-order valence-electron chi connectivity index (χ1n) is 13.5. The molecule has 38 heavy (non-hydrogen) atoms. The van der Waals surface area contributed by atoms with Gasteiger partial charge in [-0.2, -0.15) is 0 Å². The highest BCUT2D eigenvalue weighted by Gasteiger charge is 2.25. The molecule has 0 bridgehead atoms. The van der Waals surface area contributed by atoms with Crippen molar-refractivity contribution in [2.75, 3.05) is 6.54 Å². The Bertz CT molecular complexity index is 1460. The molecule has 1 N–H and O–H groups in total. The number of carboxylic acids is 1. The summed E-state index contributed by atoms with van der Waals surface area (Å²) < 4.78 is 8.18. The first kappa shape index (κ1) is 25.9. The molecule has 7 nitrogen and oxygen atoms in total. The minimum atomic E-state index is -0.819. The number of nitrogens with zero attached hydrogens (tertiary/aromatic N) is 4. The number of aromatic nitrogens is 3. The number of hydrogen-bond donors (Lipinski definition) is 1. The van der Waals surface area contributed by atoms with Crippen LogP contribution in [0.25, 0.3) is 11.0 Å². The van der Waals surface area contributed by atoms with Crippen LogP contribution in [0, 0.1) is 13.8 Å². The fourth-order valence-electron chi connectivity index (χ4n) is 5.59. The van der Waals surface area contributed by atoms with E-state index >= 15 is 0 Å². The van der Waals surface area contributed by atoms with Gasteiger partial charge in [0.2, 0.25) is 0 Å². The average molecular weight is 513 g/mol. The molecule has 0 radical (unpaired) electrons. The molecule has 5 rings (SSSR count). The second kappa shape index (κ2) is 11.0. The largest absolute Gasteiger partial charge is 0.489 e. The van der Waals surface area contributed by atoms with Crippen molar-refractivity contribution in [1.82, 2.24) is 19.9 Å². The summed E-state index contributed by atoms with van der Waals surface area (Å²) in [4.78, 5) is 14.5. The number of carboxylic acid groups (broad SMARTS) is 1. The van der Waals surface area contributed by atoms with Gasteiger partial charge in [0, 0.05) is 37.7 Å². The van der Waals surface area contributed by atoms with Crippen molar-refractivity contribution in [2.24, 2.45) is 0 Å². The maximum absolute atomic E-state index is 12.0. The van der Waals surface area contributed by atoms with Crippen molar-refractivity contribution in [3.05, 3.63) is 88.0 Å². The van der Waals surface area contributed by atoms with Gasteiger partial charge in [-0.15, -0.1) is 5.10 Å². The number of fused-ring (bicyclic) bond motifs is 2. The monoisotopic (exact) mass is 512 g/mol. The van der Waals surface area contributed by atoms with Crippen LogP contribution >= 0.6 is 0 Å². The summed E-state index contributed by atoms with van der Waals surface area (Å²) in [6.45, 7) is 11.5. The SMILES string of the molecule is CC[C@@H]1CN(Cc2cc([C@H](CC(=O)O)c3ccc4c(nnn4CC)c3C)ccc2C)Cc2ccccc2O1. The van der Waals surface area contributed by atoms with Crippen molar-refractivity contribution >= 4 is 17.0 Å². The molecule has 198 valence electrons. The van der Waals surface area contributed by atoms with Crippen molar-refractivity contribution in [2.45, 2.75) is 72.2 Å². The summed E-state index contributed by atoms with van der Waals surface area (Å²) in [5, 5.41) is 18.5. The van der Waals surface area contributed by atoms with Crippen LogP contribution in [0.1, 0.15) is 66.0 Å². The molecule has 0 amide bonds. The Morgan fingerprint density at radius 1 is 1.13 bits per heavy atom. The Morgan fingerprint density at radius 2 is 1.95 bits per heavy atom. The van der Waals surface area contributed by atoms with Gasteiger partial charge >= 0.3 is 5.97 Å². The molecule has 4 aromatic rings. The molecule has 2 atom stereocenters. The van der Waals surface area contributed by atoms with E-state index in [2.05, 4.69) is 71.5 Å². The summed E-state index contributed by atoms with van der Waals surface area (Å²) in [5.74, 6) is -0.125. The zero-order valence-corrected chi connectivity index (χ0v) is 22.6. The molecular weight excluding hydrogens is 476 g/mol. The van der Waals surface area contributed by atoms with Crippen LogP contribution < -0.4 is 4.74 Å². The van der Waals surface area contributed by atoms with E-state index in [-0.39, 0.29) is 18.4 Å². The minimum Gasteiger partial charge on any atom is -0.489 e. The highest BCUT2D eigenvalue weighted by Crippen LogP contribution is 2.35. The molecule has 1 aliphatic heterocycles. The van der Waals surface area contributed by atoms with Crippen molar-refractivity contribution < 1.29 is 14.6 Å². The van der Waals surface area contributed by atoms with Crippen LogP contribution in [0.15, 0.2) is 54.6 Å². The average Bonchev–Trinajstić information content (AvgIpc) is 3.24. The van der Waals surface area contributed by atoms with Gasteiger partial charge in [0.1, 0.15) is 17.4 Å². The fraction of sp³-hybridized carbons (Fsp3) is 0.387. The molecule has 0 aliphatic carbocycles.